The quantitative estimate of drug-likeness (QED) is 0.174. The van der Waals surface area contributed by atoms with Crippen LogP contribution in [0, 0.1) is 6.92 Å². The fourth-order valence-electron chi connectivity index (χ4n) is 5.52. The van der Waals surface area contributed by atoms with Crippen LogP contribution in [-0.4, -0.2) is 46.3 Å². The van der Waals surface area contributed by atoms with Gasteiger partial charge < -0.3 is 10.6 Å². The van der Waals surface area contributed by atoms with Crippen LogP contribution in [0.1, 0.15) is 45.6 Å². The molecule has 4 aromatic rings. The Morgan fingerprint density at radius 2 is 1.64 bits per heavy atom. The van der Waals surface area contributed by atoms with Gasteiger partial charge in [0.25, 0.3) is 11.8 Å². The lowest BCUT2D eigenvalue weighted by molar-refractivity contribution is -0.137. The third-order valence-corrected chi connectivity index (χ3v) is 7.51. The van der Waals surface area contributed by atoms with E-state index in [1.165, 1.54) is 29.2 Å². The largest absolute Gasteiger partial charge is 0.416 e. The zero-order valence-electron chi connectivity index (χ0n) is 24.9. The fourth-order valence-corrected chi connectivity index (χ4v) is 5.52. The molecule has 0 spiro atoms. The number of nitrogens with one attached hydrogen (secondary N) is 2. The van der Waals surface area contributed by atoms with Crippen molar-refractivity contribution in [1.29, 1.82) is 0 Å². The summed E-state index contributed by atoms with van der Waals surface area (Å²) in [6.45, 7) is 3.57. The minimum absolute atomic E-state index is 0.0994. The van der Waals surface area contributed by atoms with Crippen LogP contribution in [0.4, 0.5) is 37.8 Å². The van der Waals surface area contributed by atoms with Crippen molar-refractivity contribution < 1.29 is 40.7 Å². The number of rotatable bonds is 7. The van der Waals surface area contributed by atoms with E-state index in [4.69, 9.17) is 5.10 Å². The van der Waals surface area contributed by atoms with Crippen LogP contribution in [0.5, 0.6) is 0 Å². The molecule has 0 radical (unpaired) electrons. The molecule has 3 amide bonds. The Kier molecular flexibility index (Phi) is 8.96. The number of aromatic nitrogens is 2. The number of benzene rings is 3. The van der Waals surface area contributed by atoms with Crippen molar-refractivity contribution in [3.63, 3.8) is 0 Å². The summed E-state index contributed by atoms with van der Waals surface area (Å²) in [5.74, 6) is -3.15. The molecule has 5 rings (SSSR count). The standard InChI is InChI=1S/C33H27F6N5O3/c1-3-43-30-26(19(2)42-44(30)24-13-5-4-6-14-24)27(20-9-8-12-23(18-20)40-25(45)15-16-32(34,35)36)28(31(43)47)41-29(46)21-10-7-11-22(17-21)33(37,38)39/h4-18,27-28H,3H2,1-2H3,(H,40,45)(H,41,46)/b16-15+/t27-,28-/m0/s1. The molecular weight excluding hydrogens is 628 g/mol. The molecule has 0 unspecified atom stereocenters. The molecule has 0 fully saturated rings. The number of para-hydroxylation sites is 1. The van der Waals surface area contributed by atoms with E-state index in [1.807, 2.05) is 0 Å². The minimum Gasteiger partial charge on any atom is -0.339 e. The lowest BCUT2D eigenvalue weighted by Crippen LogP contribution is -2.55. The van der Waals surface area contributed by atoms with E-state index < -0.39 is 47.6 Å². The number of allylic oxidation sites excluding steroid dienone is 1. The van der Waals surface area contributed by atoms with Crippen molar-refractivity contribution in [2.24, 2.45) is 0 Å². The predicted molar refractivity (Wildman–Crippen MR) is 161 cm³/mol. The SMILES string of the molecule is CCN1C(=O)[C@@H](NC(=O)c2cccc(C(F)(F)F)c2)[C@@H](c2cccc(NC(=O)/C=C/C(F)(F)F)c2)c2c(C)nn(-c3ccccc3)c21. The van der Waals surface area contributed by atoms with Gasteiger partial charge in [-0.25, -0.2) is 4.68 Å². The van der Waals surface area contributed by atoms with Crippen molar-refractivity contribution in [2.45, 2.75) is 38.2 Å². The molecule has 3 aromatic carbocycles. The second-order valence-corrected chi connectivity index (χ2v) is 10.6. The predicted octanol–water partition coefficient (Wildman–Crippen LogP) is 6.55. The monoisotopic (exact) mass is 655 g/mol. The van der Waals surface area contributed by atoms with Gasteiger partial charge in [0.15, 0.2) is 0 Å². The Morgan fingerprint density at radius 1 is 0.936 bits per heavy atom. The van der Waals surface area contributed by atoms with E-state index in [2.05, 4.69) is 10.6 Å². The van der Waals surface area contributed by atoms with Gasteiger partial charge in [-0.15, -0.1) is 0 Å². The Hall–Kier alpha value is -5.40. The van der Waals surface area contributed by atoms with Gasteiger partial charge in [-0.2, -0.15) is 31.4 Å². The molecular formula is C33H27F6N5O3. The normalized spacial score (nSPS) is 16.7. The van der Waals surface area contributed by atoms with Gasteiger partial charge in [-0.1, -0.05) is 36.4 Å². The zero-order chi connectivity index (χ0) is 34.1. The maximum Gasteiger partial charge on any atom is 0.416 e. The number of aryl methyl sites for hydroxylation is 1. The highest BCUT2D eigenvalue weighted by atomic mass is 19.4. The highest BCUT2D eigenvalue weighted by Gasteiger charge is 2.45. The van der Waals surface area contributed by atoms with E-state index in [9.17, 15) is 40.7 Å². The molecule has 1 aliphatic heterocycles. The van der Waals surface area contributed by atoms with E-state index in [1.54, 1.807) is 54.9 Å². The summed E-state index contributed by atoms with van der Waals surface area (Å²) in [4.78, 5) is 41.4. The first-order valence-electron chi connectivity index (χ1n) is 14.3. The topological polar surface area (TPSA) is 96.3 Å². The maximum atomic E-state index is 14.2. The van der Waals surface area contributed by atoms with Crippen molar-refractivity contribution in [2.75, 3.05) is 16.8 Å². The summed E-state index contributed by atoms with van der Waals surface area (Å²) < 4.78 is 79.7. The van der Waals surface area contributed by atoms with E-state index >= 15 is 0 Å². The van der Waals surface area contributed by atoms with E-state index in [-0.39, 0.29) is 23.9 Å². The van der Waals surface area contributed by atoms with Crippen LogP contribution in [0.3, 0.4) is 0 Å². The summed E-state index contributed by atoms with van der Waals surface area (Å²) >= 11 is 0. The molecule has 0 saturated carbocycles. The number of amides is 3. The molecule has 0 saturated heterocycles. The molecule has 244 valence electrons. The van der Waals surface area contributed by atoms with Gasteiger partial charge in [0.1, 0.15) is 11.9 Å². The van der Waals surface area contributed by atoms with Crippen LogP contribution in [0.25, 0.3) is 5.69 Å². The van der Waals surface area contributed by atoms with Gasteiger partial charge in [0.05, 0.1) is 16.9 Å². The first-order chi connectivity index (χ1) is 22.2. The lowest BCUT2D eigenvalue weighted by atomic mass is 9.81. The number of carbonyl (C=O) groups is 3. The van der Waals surface area contributed by atoms with Crippen LogP contribution >= 0.6 is 0 Å². The van der Waals surface area contributed by atoms with E-state index in [0.29, 0.717) is 40.5 Å². The average molecular weight is 656 g/mol. The highest BCUT2D eigenvalue weighted by Crippen LogP contribution is 2.44. The summed E-state index contributed by atoms with van der Waals surface area (Å²) in [5.41, 5.74) is 0.725. The number of carbonyl (C=O) groups excluding carboxylic acids is 3. The Morgan fingerprint density at radius 3 is 2.30 bits per heavy atom. The minimum atomic E-state index is -4.71. The van der Waals surface area contributed by atoms with Crippen LogP contribution in [-0.2, 0) is 15.8 Å². The van der Waals surface area contributed by atoms with Gasteiger partial charge in [-0.05, 0) is 61.9 Å². The summed E-state index contributed by atoms with van der Waals surface area (Å²) in [5, 5.41) is 9.69. The smallest absolute Gasteiger partial charge is 0.339 e. The number of halogens is 6. The molecule has 1 aromatic heterocycles. The molecule has 0 aliphatic carbocycles. The molecule has 8 nitrogen and oxygen atoms in total. The van der Waals surface area contributed by atoms with Gasteiger partial charge >= 0.3 is 12.4 Å². The van der Waals surface area contributed by atoms with Crippen molar-refractivity contribution >= 4 is 29.2 Å². The lowest BCUT2D eigenvalue weighted by Gasteiger charge is -2.38. The molecule has 2 atom stereocenters. The number of hydrogen-bond acceptors (Lipinski definition) is 4. The van der Waals surface area contributed by atoms with Crippen LogP contribution in [0.2, 0.25) is 0 Å². The second-order valence-electron chi connectivity index (χ2n) is 10.6. The number of alkyl halides is 6. The van der Waals surface area contributed by atoms with Crippen LogP contribution in [0.15, 0.2) is 91.0 Å². The number of nitrogens with zero attached hydrogens (tertiary/aromatic N) is 3. The molecule has 0 bridgehead atoms. The van der Waals surface area contributed by atoms with Crippen LogP contribution < -0.4 is 15.5 Å². The van der Waals surface area contributed by atoms with E-state index in [0.717, 1.165) is 12.1 Å². The first-order valence-corrected chi connectivity index (χ1v) is 14.3. The highest BCUT2D eigenvalue weighted by molar-refractivity contribution is 6.05. The second kappa shape index (κ2) is 12.8. The molecule has 14 heteroatoms. The average Bonchev–Trinajstić information content (AvgIpc) is 3.36. The Balaban J connectivity index is 1.63. The van der Waals surface area contributed by atoms with Gasteiger partial charge in [-0.3, -0.25) is 19.3 Å². The molecule has 2 heterocycles. The third kappa shape index (κ3) is 7.05. The van der Waals surface area contributed by atoms with Crippen molar-refractivity contribution in [3.05, 3.63) is 119 Å². The Bertz CT molecular complexity index is 1850. The summed E-state index contributed by atoms with van der Waals surface area (Å²) in [6, 6.07) is 17.4. The molecule has 2 N–H and O–H groups in total. The van der Waals surface area contributed by atoms with Gasteiger partial charge in [0, 0.05) is 41.4 Å². The number of anilines is 2. The third-order valence-electron chi connectivity index (χ3n) is 7.51. The first kappa shape index (κ1) is 33.0. The number of hydrogen-bond donors (Lipinski definition) is 2. The Labute approximate surface area is 264 Å². The van der Waals surface area contributed by atoms with Crippen molar-refractivity contribution in [3.8, 4) is 5.69 Å². The van der Waals surface area contributed by atoms with Crippen molar-refractivity contribution in [1.82, 2.24) is 15.1 Å². The summed E-state index contributed by atoms with van der Waals surface area (Å²) in [6.07, 6.45) is -9.29. The fraction of sp³-hybridized carbons (Fsp3) is 0.212. The molecule has 47 heavy (non-hydrogen) atoms. The number of fused-ring (bicyclic) bond motifs is 1. The van der Waals surface area contributed by atoms with Gasteiger partial charge in [0.2, 0.25) is 5.91 Å². The zero-order valence-corrected chi connectivity index (χ0v) is 24.9. The number of likely N-dealkylation sites (N-methyl/N-ethyl adjacent to an activating group) is 1. The summed E-state index contributed by atoms with van der Waals surface area (Å²) in [7, 11) is 0. The maximum absolute atomic E-state index is 14.2. The molecule has 1 aliphatic rings.